The molecule has 1 fully saturated rings. The fourth-order valence-electron chi connectivity index (χ4n) is 4.41. The zero-order valence-corrected chi connectivity index (χ0v) is 22.3. The first-order valence-corrected chi connectivity index (χ1v) is 13.1. The van der Waals surface area contributed by atoms with Gasteiger partial charge in [0, 0.05) is 43.5 Å². The Hall–Kier alpha value is -4.31. The molecule has 0 radical (unpaired) electrons. The second kappa shape index (κ2) is 10.2. The number of carbonyl (C=O) groups is 1. The van der Waals surface area contributed by atoms with E-state index in [1.165, 1.54) is 33.8 Å². The van der Waals surface area contributed by atoms with Crippen molar-refractivity contribution in [2.24, 2.45) is 13.0 Å². The molecule has 5 rings (SSSR count). The highest BCUT2D eigenvalue weighted by molar-refractivity contribution is 7.13. The van der Waals surface area contributed by atoms with Gasteiger partial charge in [0.25, 0.3) is 5.56 Å². The van der Waals surface area contributed by atoms with Gasteiger partial charge in [-0.05, 0) is 26.2 Å². The molecule has 0 bridgehead atoms. The topological polar surface area (TPSA) is 133 Å². The van der Waals surface area contributed by atoms with E-state index in [4.69, 9.17) is 0 Å². The van der Waals surface area contributed by atoms with Crippen LogP contribution in [0.1, 0.15) is 33.2 Å². The SMILES string of the molecule is CC#CCn1c(=O)c2c(ncn2[C@@H](C)C(=O)Nc2csc(-c3cnc(N4CCC(C)C4)nc3)n2)n(C)c1=O. The number of thiazole rings is 1. The highest BCUT2D eigenvalue weighted by Gasteiger charge is 2.24. The summed E-state index contributed by atoms with van der Waals surface area (Å²) in [5, 5.41) is 5.22. The van der Waals surface area contributed by atoms with Gasteiger partial charge in [-0.3, -0.25) is 14.2 Å². The highest BCUT2D eigenvalue weighted by Crippen LogP contribution is 2.27. The van der Waals surface area contributed by atoms with Crippen LogP contribution in [0.25, 0.3) is 21.7 Å². The average Bonchev–Trinajstić information content (AvgIpc) is 3.67. The molecule has 1 saturated heterocycles. The number of imidazole rings is 1. The summed E-state index contributed by atoms with van der Waals surface area (Å²) in [6.07, 6.45) is 6.01. The summed E-state index contributed by atoms with van der Waals surface area (Å²) < 4.78 is 3.77. The molecule has 0 aliphatic carbocycles. The van der Waals surface area contributed by atoms with E-state index in [0.29, 0.717) is 22.7 Å². The third-order valence-corrected chi connectivity index (χ3v) is 7.51. The first-order chi connectivity index (χ1) is 18.3. The van der Waals surface area contributed by atoms with Gasteiger partial charge in [0.15, 0.2) is 11.2 Å². The monoisotopic (exact) mass is 533 g/mol. The van der Waals surface area contributed by atoms with Crippen molar-refractivity contribution in [3.8, 4) is 22.4 Å². The summed E-state index contributed by atoms with van der Waals surface area (Å²) >= 11 is 1.37. The highest BCUT2D eigenvalue weighted by atomic mass is 32.1. The van der Waals surface area contributed by atoms with Crippen LogP contribution < -0.4 is 21.5 Å². The summed E-state index contributed by atoms with van der Waals surface area (Å²) in [7, 11) is 1.53. The normalized spacial score (nSPS) is 15.9. The molecule has 196 valence electrons. The summed E-state index contributed by atoms with van der Waals surface area (Å²) in [5.41, 5.74) is 0.0385. The zero-order chi connectivity index (χ0) is 27.0. The van der Waals surface area contributed by atoms with Crippen LogP contribution in [0.5, 0.6) is 0 Å². The van der Waals surface area contributed by atoms with Crippen LogP contribution in [0, 0.1) is 17.8 Å². The molecule has 5 heterocycles. The van der Waals surface area contributed by atoms with Gasteiger partial charge >= 0.3 is 5.69 Å². The molecule has 12 nitrogen and oxygen atoms in total. The van der Waals surface area contributed by atoms with Crippen molar-refractivity contribution in [1.82, 2.24) is 33.6 Å². The smallest absolute Gasteiger partial charge is 0.333 e. The lowest BCUT2D eigenvalue weighted by atomic mass is 10.2. The molecule has 0 aromatic carbocycles. The van der Waals surface area contributed by atoms with E-state index in [1.807, 2.05) is 0 Å². The molecule has 1 unspecified atom stereocenters. The summed E-state index contributed by atoms with van der Waals surface area (Å²) in [4.78, 5) is 58.7. The Morgan fingerprint density at radius 2 is 2.03 bits per heavy atom. The number of anilines is 2. The van der Waals surface area contributed by atoms with Gasteiger partial charge in [-0.1, -0.05) is 12.8 Å². The standard InChI is InChI=1S/C25H27N9O3S/c1-5-6-8-33-23(36)19-20(31(4)25(33)37)28-14-34(19)16(3)21(35)29-18-13-38-22(30-18)17-10-26-24(27-11-17)32-9-7-15(2)12-32/h10-11,13-16H,7-9,12H2,1-4H3,(H,29,35)/t15?,16-/m0/s1. The van der Waals surface area contributed by atoms with E-state index in [-0.39, 0.29) is 23.6 Å². The third-order valence-electron chi connectivity index (χ3n) is 6.62. The van der Waals surface area contributed by atoms with Crippen molar-refractivity contribution in [3.63, 3.8) is 0 Å². The maximum atomic E-state index is 13.1. The molecule has 38 heavy (non-hydrogen) atoms. The van der Waals surface area contributed by atoms with Crippen molar-refractivity contribution in [2.75, 3.05) is 23.3 Å². The largest absolute Gasteiger partial charge is 0.341 e. The number of aryl methyl sites for hydroxylation is 1. The number of amides is 1. The van der Waals surface area contributed by atoms with Crippen LogP contribution in [0.3, 0.4) is 0 Å². The van der Waals surface area contributed by atoms with Gasteiger partial charge in [-0.2, -0.15) is 0 Å². The van der Waals surface area contributed by atoms with E-state index in [0.717, 1.165) is 29.6 Å². The van der Waals surface area contributed by atoms with Crippen molar-refractivity contribution >= 4 is 40.2 Å². The average molecular weight is 534 g/mol. The van der Waals surface area contributed by atoms with Crippen LogP contribution in [0.2, 0.25) is 0 Å². The van der Waals surface area contributed by atoms with Crippen LogP contribution in [-0.2, 0) is 18.4 Å². The van der Waals surface area contributed by atoms with Crippen LogP contribution >= 0.6 is 11.3 Å². The van der Waals surface area contributed by atoms with Gasteiger partial charge in [0.2, 0.25) is 11.9 Å². The first-order valence-electron chi connectivity index (χ1n) is 12.2. The van der Waals surface area contributed by atoms with Crippen LogP contribution in [0.15, 0.2) is 33.7 Å². The fraction of sp³-hybridized carbons (Fsp3) is 0.400. The number of carbonyl (C=O) groups excluding carboxylic acids is 1. The predicted molar refractivity (Wildman–Crippen MR) is 145 cm³/mol. The molecule has 4 aromatic heterocycles. The Kier molecular flexibility index (Phi) is 6.81. The quantitative estimate of drug-likeness (QED) is 0.372. The van der Waals surface area contributed by atoms with Gasteiger partial charge < -0.3 is 14.8 Å². The lowest BCUT2D eigenvalue weighted by Gasteiger charge is -2.15. The lowest BCUT2D eigenvalue weighted by molar-refractivity contribution is -0.118. The van der Waals surface area contributed by atoms with Crippen LogP contribution in [-0.4, -0.2) is 52.6 Å². The summed E-state index contributed by atoms with van der Waals surface area (Å²) in [6.45, 7) is 7.36. The van der Waals surface area contributed by atoms with Gasteiger partial charge in [0.05, 0.1) is 12.9 Å². The Balaban J connectivity index is 1.35. The minimum absolute atomic E-state index is 0.0485. The molecule has 0 saturated carbocycles. The Bertz CT molecular complexity index is 1690. The minimum Gasteiger partial charge on any atom is -0.341 e. The van der Waals surface area contributed by atoms with Gasteiger partial charge in [-0.25, -0.2) is 29.3 Å². The first kappa shape index (κ1) is 25.3. The van der Waals surface area contributed by atoms with Crippen LogP contribution in [0.4, 0.5) is 11.8 Å². The third kappa shape index (κ3) is 4.58. The Morgan fingerprint density at radius 1 is 1.26 bits per heavy atom. The number of nitrogens with zero attached hydrogens (tertiary/aromatic N) is 8. The van der Waals surface area contributed by atoms with E-state index in [2.05, 4.69) is 48.9 Å². The van der Waals surface area contributed by atoms with Gasteiger partial charge in [0.1, 0.15) is 16.9 Å². The second-order valence-corrected chi connectivity index (χ2v) is 10.2. The van der Waals surface area contributed by atoms with Crippen molar-refractivity contribution in [2.45, 2.75) is 39.8 Å². The number of hydrogen-bond acceptors (Lipinski definition) is 9. The number of fused-ring (bicyclic) bond motifs is 1. The van der Waals surface area contributed by atoms with E-state index in [1.54, 1.807) is 31.6 Å². The molecule has 1 aliphatic rings. The van der Waals surface area contributed by atoms with Gasteiger partial charge in [-0.15, -0.1) is 17.3 Å². The molecule has 0 spiro atoms. The summed E-state index contributed by atoms with van der Waals surface area (Å²) in [5.74, 6) is 6.77. The van der Waals surface area contributed by atoms with Crippen molar-refractivity contribution in [1.29, 1.82) is 0 Å². The molecular formula is C25H27N9O3S. The predicted octanol–water partition coefficient (Wildman–Crippen LogP) is 1.88. The molecule has 1 amide bonds. The molecule has 1 N–H and O–H groups in total. The number of hydrogen-bond donors (Lipinski definition) is 1. The van der Waals surface area contributed by atoms with Crippen molar-refractivity contribution in [3.05, 3.63) is 44.9 Å². The number of rotatable bonds is 6. The van der Waals surface area contributed by atoms with E-state index in [9.17, 15) is 14.4 Å². The molecule has 4 aromatic rings. The zero-order valence-electron chi connectivity index (χ0n) is 21.5. The molecule has 13 heteroatoms. The minimum atomic E-state index is -0.800. The lowest BCUT2D eigenvalue weighted by Crippen LogP contribution is -2.40. The fourth-order valence-corrected chi connectivity index (χ4v) is 5.14. The number of nitrogens with one attached hydrogen (secondary N) is 1. The molecular weight excluding hydrogens is 506 g/mol. The van der Waals surface area contributed by atoms with Crippen molar-refractivity contribution < 1.29 is 4.79 Å². The molecule has 1 aliphatic heterocycles. The Morgan fingerprint density at radius 3 is 2.71 bits per heavy atom. The molecule has 2 atom stereocenters. The maximum absolute atomic E-state index is 13.1. The summed E-state index contributed by atoms with van der Waals surface area (Å²) in [6, 6.07) is -0.800. The van der Waals surface area contributed by atoms with E-state index < -0.39 is 17.3 Å². The second-order valence-electron chi connectivity index (χ2n) is 9.30. The van der Waals surface area contributed by atoms with E-state index >= 15 is 0 Å². The maximum Gasteiger partial charge on any atom is 0.333 e. The Labute approximate surface area is 222 Å². The number of aromatic nitrogens is 7.